The molecule has 3 rings (SSSR count). The van der Waals surface area contributed by atoms with Crippen molar-refractivity contribution in [2.24, 2.45) is 0 Å². The molecule has 0 saturated carbocycles. The number of thiophene rings is 1. The van der Waals surface area contributed by atoms with Gasteiger partial charge in [0.2, 0.25) is 15.9 Å². The maximum atomic E-state index is 12.8. The lowest BCUT2D eigenvalue weighted by molar-refractivity contribution is -0.132. The standard InChI is InChI=1S/C19H20Cl2N2O4S2/c1-13-2-6-17(28-13)16(24)5-7-19(25)22-8-10-23(11-9-22)29(26,27)18-12-14(20)3-4-15(18)21/h2-4,6,12H,5,7-11H2,1H3. The van der Waals surface area contributed by atoms with Crippen LogP contribution in [0.15, 0.2) is 35.2 Å². The summed E-state index contributed by atoms with van der Waals surface area (Å²) in [5, 5.41) is 0.391. The van der Waals surface area contributed by atoms with Crippen LogP contribution < -0.4 is 0 Å². The molecule has 1 saturated heterocycles. The molecule has 1 aliphatic rings. The van der Waals surface area contributed by atoms with E-state index in [1.165, 1.54) is 33.8 Å². The van der Waals surface area contributed by atoms with Crippen molar-refractivity contribution >= 4 is 56.3 Å². The first-order valence-corrected chi connectivity index (χ1v) is 12.0. The molecule has 0 radical (unpaired) electrons. The second-order valence-corrected chi connectivity index (χ2v) is 10.7. The van der Waals surface area contributed by atoms with Crippen LogP contribution in [0.4, 0.5) is 0 Å². The fraction of sp³-hybridized carbons (Fsp3) is 0.368. The van der Waals surface area contributed by atoms with E-state index in [-0.39, 0.29) is 65.7 Å². The van der Waals surface area contributed by atoms with Gasteiger partial charge in [0.15, 0.2) is 5.78 Å². The van der Waals surface area contributed by atoms with E-state index in [9.17, 15) is 18.0 Å². The van der Waals surface area contributed by atoms with Gasteiger partial charge in [-0.1, -0.05) is 23.2 Å². The number of rotatable bonds is 6. The molecule has 0 bridgehead atoms. The van der Waals surface area contributed by atoms with Crippen molar-refractivity contribution in [1.82, 2.24) is 9.21 Å². The summed E-state index contributed by atoms with van der Waals surface area (Å²) in [4.78, 5) is 27.9. The average Bonchev–Trinajstić information content (AvgIpc) is 3.14. The minimum absolute atomic E-state index is 0.0386. The van der Waals surface area contributed by atoms with Crippen LogP contribution in [0.5, 0.6) is 0 Å². The Hall–Kier alpha value is -1.45. The van der Waals surface area contributed by atoms with Crippen molar-refractivity contribution in [2.45, 2.75) is 24.7 Å². The van der Waals surface area contributed by atoms with Gasteiger partial charge in [0.25, 0.3) is 0 Å². The Kier molecular flexibility index (Phi) is 7.01. The molecule has 1 aliphatic heterocycles. The summed E-state index contributed by atoms with van der Waals surface area (Å²) < 4.78 is 27.0. The van der Waals surface area contributed by atoms with E-state index in [0.29, 0.717) is 4.88 Å². The lowest BCUT2D eigenvalue weighted by atomic mass is 10.1. The van der Waals surface area contributed by atoms with Crippen molar-refractivity contribution in [1.29, 1.82) is 0 Å². The number of hydrogen-bond donors (Lipinski definition) is 0. The Labute approximate surface area is 184 Å². The number of aryl methyl sites for hydroxylation is 1. The van der Waals surface area contributed by atoms with Crippen LogP contribution in [-0.2, 0) is 14.8 Å². The molecule has 0 atom stereocenters. The minimum atomic E-state index is -3.80. The number of hydrogen-bond acceptors (Lipinski definition) is 5. The van der Waals surface area contributed by atoms with E-state index in [4.69, 9.17) is 23.2 Å². The Morgan fingerprint density at radius 2 is 1.72 bits per heavy atom. The van der Waals surface area contributed by atoms with Crippen LogP contribution in [0.25, 0.3) is 0 Å². The molecule has 0 spiro atoms. The molecule has 1 aromatic carbocycles. The molecule has 2 aromatic rings. The molecular formula is C19H20Cl2N2O4S2. The van der Waals surface area contributed by atoms with Gasteiger partial charge >= 0.3 is 0 Å². The second kappa shape index (κ2) is 9.14. The molecule has 0 unspecified atom stereocenters. The Balaban J connectivity index is 1.56. The number of benzene rings is 1. The highest BCUT2D eigenvalue weighted by Gasteiger charge is 2.31. The van der Waals surface area contributed by atoms with E-state index in [1.807, 2.05) is 13.0 Å². The van der Waals surface area contributed by atoms with Gasteiger partial charge in [-0.2, -0.15) is 4.31 Å². The van der Waals surface area contributed by atoms with E-state index < -0.39 is 10.0 Å². The fourth-order valence-electron chi connectivity index (χ4n) is 3.08. The van der Waals surface area contributed by atoms with Crippen molar-refractivity contribution < 1.29 is 18.0 Å². The molecule has 2 heterocycles. The number of halogens is 2. The monoisotopic (exact) mass is 474 g/mol. The Morgan fingerprint density at radius 3 is 2.34 bits per heavy atom. The summed E-state index contributed by atoms with van der Waals surface area (Å²) in [6, 6.07) is 7.96. The highest BCUT2D eigenvalue weighted by molar-refractivity contribution is 7.89. The molecule has 0 N–H and O–H groups in total. The van der Waals surface area contributed by atoms with Crippen LogP contribution >= 0.6 is 34.5 Å². The minimum Gasteiger partial charge on any atom is -0.340 e. The topological polar surface area (TPSA) is 74.8 Å². The summed E-state index contributed by atoms with van der Waals surface area (Å²) in [5.41, 5.74) is 0. The zero-order valence-corrected chi connectivity index (χ0v) is 18.9. The largest absolute Gasteiger partial charge is 0.340 e. The third-order valence-electron chi connectivity index (χ3n) is 4.68. The molecule has 1 amide bonds. The first kappa shape index (κ1) is 22.2. The average molecular weight is 475 g/mol. The SMILES string of the molecule is Cc1ccc(C(=O)CCC(=O)N2CCN(S(=O)(=O)c3cc(Cl)ccc3Cl)CC2)s1. The zero-order valence-electron chi connectivity index (χ0n) is 15.7. The van der Waals surface area contributed by atoms with E-state index in [1.54, 1.807) is 11.0 Å². The normalized spacial score (nSPS) is 15.5. The third-order valence-corrected chi connectivity index (χ3v) is 8.34. The Morgan fingerprint density at radius 1 is 1.03 bits per heavy atom. The first-order valence-electron chi connectivity index (χ1n) is 9.01. The summed E-state index contributed by atoms with van der Waals surface area (Å²) in [7, 11) is -3.80. The summed E-state index contributed by atoms with van der Waals surface area (Å²) in [6.45, 7) is 2.78. The molecule has 6 nitrogen and oxygen atoms in total. The molecule has 0 aliphatic carbocycles. The second-order valence-electron chi connectivity index (χ2n) is 6.69. The van der Waals surface area contributed by atoms with Gasteiger partial charge in [0, 0.05) is 48.9 Å². The van der Waals surface area contributed by atoms with Gasteiger partial charge in [-0.05, 0) is 37.3 Å². The van der Waals surface area contributed by atoms with Gasteiger partial charge in [-0.15, -0.1) is 11.3 Å². The van der Waals surface area contributed by atoms with Crippen LogP contribution in [0.2, 0.25) is 10.0 Å². The number of nitrogens with zero attached hydrogens (tertiary/aromatic N) is 2. The smallest absolute Gasteiger partial charge is 0.244 e. The van der Waals surface area contributed by atoms with E-state index in [2.05, 4.69) is 0 Å². The number of amides is 1. The number of carbonyl (C=O) groups excluding carboxylic acids is 2. The van der Waals surface area contributed by atoms with Crippen LogP contribution in [0.1, 0.15) is 27.4 Å². The number of ketones is 1. The van der Waals surface area contributed by atoms with E-state index in [0.717, 1.165) is 4.88 Å². The van der Waals surface area contributed by atoms with Crippen molar-refractivity contribution in [3.05, 3.63) is 50.1 Å². The number of carbonyl (C=O) groups is 2. The zero-order chi connectivity index (χ0) is 21.2. The van der Waals surface area contributed by atoms with Crippen LogP contribution in [-0.4, -0.2) is 55.5 Å². The first-order chi connectivity index (χ1) is 13.7. The quantitative estimate of drug-likeness (QED) is 0.595. The van der Waals surface area contributed by atoms with Crippen molar-refractivity contribution in [3.8, 4) is 0 Å². The molecule has 10 heteroatoms. The molecule has 1 fully saturated rings. The number of Topliss-reactive ketones (excluding diaryl/α,β-unsaturated/α-hetero) is 1. The summed E-state index contributed by atoms with van der Waals surface area (Å²) in [6.07, 6.45) is 0.262. The Bertz CT molecular complexity index is 1030. The molecule has 29 heavy (non-hydrogen) atoms. The van der Waals surface area contributed by atoms with Gasteiger partial charge in [-0.3, -0.25) is 9.59 Å². The number of piperazine rings is 1. The van der Waals surface area contributed by atoms with Crippen LogP contribution in [0, 0.1) is 6.92 Å². The molecular weight excluding hydrogens is 455 g/mol. The summed E-state index contributed by atoms with van der Waals surface area (Å²) in [5.74, 6) is -0.197. The highest BCUT2D eigenvalue weighted by Crippen LogP contribution is 2.28. The van der Waals surface area contributed by atoms with Crippen LogP contribution in [0.3, 0.4) is 0 Å². The predicted octanol–water partition coefficient (Wildman–Crippen LogP) is 3.86. The van der Waals surface area contributed by atoms with Gasteiger partial charge < -0.3 is 4.90 Å². The lowest BCUT2D eigenvalue weighted by Crippen LogP contribution is -2.50. The molecule has 1 aromatic heterocycles. The highest BCUT2D eigenvalue weighted by atomic mass is 35.5. The third kappa shape index (κ3) is 5.19. The molecule has 156 valence electrons. The van der Waals surface area contributed by atoms with Gasteiger partial charge in [-0.25, -0.2) is 8.42 Å². The maximum absolute atomic E-state index is 12.8. The predicted molar refractivity (Wildman–Crippen MR) is 114 cm³/mol. The van der Waals surface area contributed by atoms with Crippen molar-refractivity contribution in [3.63, 3.8) is 0 Å². The van der Waals surface area contributed by atoms with Gasteiger partial charge in [0.05, 0.1) is 9.90 Å². The van der Waals surface area contributed by atoms with Crippen molar-refractivity contribution in [2.75, 3.05) is 26.2 Å². The van der Waals surface area contributed by atoms with E-state index >= 15 is 0 Å². The van der Waals surface area contributed by atoms with Gasteiger partial charge in [0.1, 0.15) is 4.90 Å². The fourth-order valence-corrected chi connectivity index (χ4v) is 6.07. The maximum Gasteiger partial charge on any atom is 0.244 e. The summed E-state index contributed by atoms with van der Waals surface area (Å²) >= 11 is 13.4. The number of sulfonamides is 1. The lowest BCUT2D eigenvalue weighted by Gasteiger charge is -2.34.